The van der Waals surface area contributed by atoms with Crippen LogP contribution in [-0.2, 0) is 4.79 Å². The van der Waals surface area contributed by atoms with Crippen molar-refractivity contribution in [2.75, 3.05) is 0 Å². The Labute approximate surface area is 117 Å². The number of carboxylic acid groups (broad SMARTS) is 1. The van der Waals surface area contributed by atoms with Gasteiger partial charge in [0.1, 0.15) is 5.82 Å². The third-order valence-corrected chi connectivity index (χ3v) is 3.76. The molecule has 2 aromatic rings. The van der Waals surface area contributed by atoms with E-state index in [1.165, 1.54) is 6.07 Å². The van der Waals surface area contributed by atoms with Crippen LogP contribution in [0.2, 0.25) is 0 Å². The first-order chi connectivity index (χ1) is 9.50. The second-order valence-corrected chi connectivity index (χ2v) is 5.02. The normalized spacial score (nSPS) is 13.8. The summed E-state index contributed by atoms with van der Waals surface area (Å²) in [7, 11) is 0. The van der Waals surface area contributed by atoms with Crippen LogP contribution in [0.4, 0.5) is 4.39 Å². The van der Waals surface area contributed by atoms with Gasteiger partial charge in [-0.15, -0.1) is 0 Å². The molecule has 0 amide bonds. The van der Waals surface area contributed by atoms with Gasteiger partial charge in [-0.2, -0.15) is 0 Å². The minimum absolute atomic E-state index is 0.0813. The molecule has 0 aliphatic rings. The number of benzene rings is 2. The maximum Gasteiger partial charge on any atom is 0.306 e. The molecule has 2 unspecified atom stereocenters. The third kappa shape index (κ3) is 2.87. The van der Waals surface area contributed by atoms with Crippen LogP contribution < -0.4 is 0 Å². The van der Waals surface area contributed by atoms with Crippen molar-refractivity contribution in [2.45, 2.75) is 19.8 Å². The van der Waals surface area contributed by atoms with E-state index in [1.807, 2.05) is 31.2 Å². The summed E-state index contributed by atoms with van der Waals surface area (Å²) in [6, 6.07) is 14.0. The van der Waals surface area contributed by atoms with Crippen molar-refractivity contribution in [1.82, 2.24) is 0 Å². The largest absolute Gasteiger partial charge is 0.481 e. The second kappa shape index (κ2) is 5.87. The molecular weight excluding hydrogens is 255 g/mol. The molecule has 0 spiro atoms. The van der Waals surface area contributed by atoms with Crippen LogP contribution >= 0.6 is 0 Å². The molecule has 2 atom stereocenters. The summed E-state index contributed by atoms with van der Waals surface area (Å²) >= 11 is 0. The van der Waals surface area contributed by atoms with Gasteiger partial charge >= 0.3 is 5.97 Å². The van der Waals surface area contributed by atoms with Crippen LogP contribution in [0.3, 0.4) is 0 Å². The lowest BCUT2D eigenvalue weighted by Crippen LogP contribution is -2.16. The number of rotatable bonds is 4. The van der Waals surface area contributed by atoms with Crippen LogP contribution in [0.1, 0.15) is 25.3 Å². The first-order valence-corrected chi connectivity index (χ1v) is 6.58. The molecule has 1 N–H and O–H groups in total. The molecule has 3 heteroatoms. The van der Waals surface area contributed by atoms with Crippen molar-refractivity contribution >= 4 is 5.97 Å². The molecule has 0 aliphatic carbocycles. The van der Waals surface area contributed by atoms with Crippen LogP contribution in [-0.4, -0.2) is 11.1 Å². The van der Waals surface area contributed by atoms with Gasteiger partial charge in [0, 0.05) is 5.56 Å². The molecule has 104 valence electrons. The highest BCUT2D eigenvalue weighted by Gasteiger charge is 2.20. The van der Waals surface area contributed by atoms with Crippen molar-refractivity contribution in [3.8, 4) is 11.1 Å². The molecule has 20 heavy (non-hydrogen) atoms. The number of carboxylic acids is 1. The van der Waals surface area contributed by atoms with E-state index in [0.29, 0.717) is 5.56 Å². The van der Waals surface area contributed by atoms with E-state index >= 15 is 0 Å². The number of hydrogen-bond donors (Lipinski definition) is 1. The monoisotopic (exact) mass is 272 g/mol. The predicted molar refractivity (Wildman–Crippen MR) is 77.1 cm³/mol. The van der Waals surface area contributed by atoms with Gasteiger partial charge in [-0.05, 0) is 23.1 Å². The minimum atomic E-state index is -0.810. The van der Waals surface area contributed by atoms with Gasteiger partial charge in [0.2, 0.25) is 0 Å². The van der Waals surface area contributed by atoms with Gasteiger partial charge in [-0.25, -0.2) is 4.39 Å². The summed E-state index contributed by atoms with van der Waals surface area (Å²) in [4.78, 5) is 11.0. The van der Waals surface area contributed by atoms with E-state index in [0.717, 1.165) is 11.1 Å². The van der Waals surface area contributed by atoms with E-state index in [4.69, 9.17) is 5.11 Å². The summed E-state index contributed by atoms with van der Waals surface area (Å²) in [5.74, 6) is -1.60. The first kappa shape index (κ1) is 14.3. The smallest absolute Gasteiger partial charge is 0.306 e. The van der Waals surface area contributed by atoms with E-state index in [-0.39, 0.29) is 11.7 Å². The Hall–Kier alpha value is -2.16. The topological polar surface area (TPSA) is 37.3 Å². The lowest BCUT2D eigenvalue weighted by molar-refractivity contribution is -0.141. The zero-order chi connectivity index (χ0) is 14.7. The van der Waals surface area contributed by atoms with E-state index in [9.17, 15) is 9.18 Å². The van der Waals surface area contributed by atoms with Crippen molar-refractivity contribution < 1.29 is 14.3 Å². The molecule has 0 saturated heterocycles. The van der Waals surface area contributed by atoms with E-state index < -0.39 is 11.9 Å². The standard InChI is InChI=1S/C17H17FO2/c1-11(12(2)17(19)20)13-7-9-14(10-8-13)15-5-3-4-6-16(15)18/h3-12H,1-2H3,(H,19,20). The van der Waals surface area contributed by atoms with Crippen molar-refractivity contribution in [3.63, 3.8) is 0 Å². The average molecular weight is 272 g/mol. The Balaban J connectivity index is 2.27. The molecule has 0 radical (unpaired) electrons. The number of aliphatic carboxylic acids is 1. The Morgan fingerprint density at radius 1 is 1.05 bits per heavy atom. The second-order valence-electron chi connectivity index (χ2n) is 5.02. The summed E-state index contributed by atoms with van der Waals surface area (Å²) in [6.07, 6.45) is 0. The fraction of sp³-hybridized carbons (Fsp3) is 0.235. The fourth-order valence-electron chi connectivity index (χ4n) is 2.16. The molecule has 0 saturated carbocycles. The van der Waals surface area contributed by atoms with Gasteiger partial charge in [-0.1, -0.05) is 56.3 Å². The Kier molecular flexibility index (Phi) is 4.18. The van der Waals surface area contributed by atoms with Gasteiger partial charge < -0.3 is 5.11 Å². The Bertz CT molecular complexity index is 605. The molecule has 2 aromatic carbocycles. The van der Waals surface area contributed by atoms with Gasteiger partial charge in [0.25, 0.3) is 0 Å². The van der Waals surface area contributed by atoms with E-state index in [2.05, 4.69) is 0 Å². The van der Waals surface area contributed by atoms with Crippen LogP contribution in [0, 0.1) is 11.7 Å². The maximum absolute atomic E-state index is 13.7. The fourth-order valence-corrected chi connectivity index (χ4v) is 2.16. The van der Waals surface area contributed by atoms with Gasteiger partial charge in [-0.3, -0.25) is 4.79 Å². The quantitative estimate of drug-likeness (QED) is 0.900. The van der Waals surface area contributed by atoms with Crippen molar-refractivity contribution in [2.24, 2.45) is 5.92 Å². The molecule has 0 aromatic heterocycles. The third-order valence-electron chi connectivity index (χ3n) is 3.76. The first-order valence-electron chi connectivity index (χ1n) is 6.58. The van der Waals surface area contributed by atoms with Crippen LogP contribution in [0.5, 0.6) is 0 Å². The molecule has 2 rings (SSSR count). The summed E-state index contributed by atoms with van der Waals surface area (Å²) in [5.41, 5.74) is 2.29. The molecule has 0 aliphatic heterocycles. The molecule has 0 bridgehead atoms. The predicted octanol–water partition coefficient (Wildman–Crippen LogP) is 4.32. The van der Waals surface area contributed by atoms with Crippen molar-refractivity contribution in [1.29, 1.82) is 0 Å². The van der Waals surface area contributed by atoms with Crippen LogP contribution in [0.25, 0.3) is 11.1 Å². The average Bonchev–Trinajstić information content (AvgIpc) is 2.46. The van der Waals surface area contributed by atoms with Gasteiger partial charge in [0.05, 0.1) is 5.92 Å². The zero-order valence-electron chi connectivity index (χ0n) is 11.5. The van der Waals surface area contributed by atoms with Gasteiger partial charge in [0.15, 0.2) is 0 Å². The lowest BCUT2D eigenvalue weighted by Gasteiger charge is -2.16. The molecule has 0 fully saturated rings. The van der Waals surface area contributed by atoms with Crippen molar-refractivity contribution in [3.05, 3.63) is 59.9 Å². The highest BCUT2D eigenvalue weighted by Crippen LogP contribution is 2.28. The maximum atomic E-state index is 13.7. The number of halogens is 1. The summed E-state index contributed by atoms with van der Waals surface area (Å²) < 4.78 is 13.7. The SMILES string of the molecule is CC(C(=O)O)C(C)c1ccc(-c2ccccc2F)cc1. The molecule has 2 nitrogen and oxygen atoms in total. The Morgan fingerprint density at radius 2 is 1.65 bits per heavy atom. The minimum Gasteiger partial charge on any atom is -0.481 e. The Morgan fingerprint density at radius 3 is 2.20 bits per heavy atom. The summed E-state index contributed by atoms with van der Waals surface area (Å²) in [5, 5.41) is 9.03. The highest BCUT2D eigenvalue weighted by atomic mass is 19.1. The van der Waals surface area contributed by atoms with E-state index in [1.54, 1.807) is 25.1 Å². The molecule has 0 heterocycles. The summed E-state index contributed by atoms with van der Waals surface area (Å²) in [6.45, 7) is 3.58. The number of hydrogen-bond acceptors (Lipinski definition) is 1. The number of carbonyl (C=O) groups is 1. The van der Waals surface area contributed by atoms with Crippen LogP contribution in [0.15, 0.2) is 48.5 Å². The highest BCUT2D eigenvalue weighted by molar-refractivity contribution is 5.71. The zero-order valence-corrected chi connectivity index (χ0v) is 11.5. The molecular formula is C17H17FO2. The lowest BCUT2D eigenvalue weighted by atomic mass is 9.88.